The summed E-state index contributed by atoms with van der Waals surface area (Å²) in [6, 6.07) is 11.7. The van der Waals surface area contributed by atoms with E-state index < -0.39 is 6.10 Å². The maximum absolute atomic E-state index is 10.5. The van der Waals surface area contributed by atoms with E-state index in [4.69, 9.17) is 5.73 Å². The lowest BCUT2D eigenvalue weighted by Gasteiger charge is -2.16. The molecule has 2 aromatic rings. The molecule has 3 rings (SSSR count). The molecular formula is C15H16N2O. The molecule has 0 amide bonds. The van der Waals surface area contributed by atoms with Crippen molar-refractivity contribution in [1.29, 1.82) is 0 Å². The topological polar surface area (TPSA) is 59.1 Å². The van der Waals surface area contributed by atoms with Crippen LogP contribution in [-0.4, -0.2) is 10.1 Å². The minimum Gasteiger partial charge on any atom is -0.384 e. The van der Waals surface area contributed by atoms with E-state index in [9.17, 15) is 5.11 Å². The first-order chi connectivity index (χ1) is 8.77. The van der Waals surface area contributed by atoms with Gasteiger partial charge < -0.3 is 10.8 Å². The summed E-state index contributed by atoms with van der Waals surface area (Å²) in [4.78, 5) is 4.03. The molecule has 0 saturated heterocycles. The number of nitrogen functional groups attached to an aromatic ring is 1. The van der Waals surface area contributed by atoms with Gasteiger partial charge in [0.15, 0.2) is 0 Å². The number of nitrogens with zero attached hydrogens (tertiary/aromatic N) is 1. The Balaban J connectivity index is 2.02. The zero-order valence-corrected chi connectivity index (χ0v) is 10.1. The normalized spacial score (nSPS) is 16.5. The van der Waals surface area contributed by atoms with Crippen molar-refractivity contribution in [2.24, 2.45) is 0 Å². The van der Waals surface area contributed by atoms with Crippen molar-refractivity contribution in [3.8, 4) is 0 Å². The molecule has 1 aliphatic rings. The summed E-state index contributed by atoms with van der Waals surface area (Å²) < 4.78 is 0. The van der Waals surface area contributed by atoms with E-state index in [0.29, 0.717) is 17.3 Å². The Labute approximate surface area is 106 Å². The molecule has 92 valence electrons. The van der Waals surface area contributed by atoms with Gasteiger partial charge in [0, 0.05) is 11.8 Å². The third-order valence-corrected chi connectivity index (χ3v) is 3.47. The summed E-state index contributed by atoms with van der Waals surface area (Å²) in [6.07, 6.45) is 3.38. The number of pyridine rings is 1. The molecule has 1 aromatic heterocycles. The predicted octanol–water partition coefficient (Wildman–Crippen LogP) is 2.62. The Morgan fingerprint density at radius 1 is 1.11 bits per heavy atom. The summed E-state index contributed by atoms with van der Waals surface area (Å²) in [5, 5.41) is 10.5. The molecule has 1 heterocycles. The van der Waals surface area contributed by atoms with Gasteiger partial charge in [-0.25, -0.2) is 4.98 Å². The second kappa shape index (κ2) is 4.42. The molecular weight excluding hydrogens is 224 g/mol. The first kappa shape index (κ1) is 11.2. The lowest BCUT2D eigenvalue weighted by atomic mass is 9.95. The van der Waals surface area contributed by atoms with Gasteiger partial charge in [-0.05, 0) is 36.0 Å². The Hall–Kier alpha value is -1.87. The van der Waals surface area contributed by atoms with Gasteiger partial charge in [0.25, 0.3) is 0 Å². The molecule has 3 nitrogen and oxygen atoms in total. The van der Waals surface area contributed by atoms with Crippen LogP contribution in [0.4, 0.5) is 5.82 Å². The van der Waals surface area contributed by atoms with Crippen molar-refractivity contribution in [3.05, 3.63) is 59.3 Å². The highest BCUT2D eigenvalue weighted by Crippen LogP contribution is 2.44. The molecule has 0 aliphatic heterocycles. The van der Waals surface area contributed by atoms with Gasteiger partial charge in [-0.15, -0.1) is 0 Å². The van der Waals surface area contributed by atoms with E-state index in [2.05, 4.69) is 11.1 Å². The maximum Gasteiger partial charge on any atom is 0.129 e. The van der Waals surface area contributed by atoms with Gasteiger partial charge in [0.2, 0.25) is 0 Å². The fraction of sp³-hybridized carbons (Fsp3) is 0.267. The Bertz CT molecular complexity index is 564. The first-order valence-corrected chi connectivity index (χ1v) is 6.24. The van der Waals surface area contributed by atoms with Gasteiger partial charge >= 0.3 is 0 Å². The van der Waals surface area contributed by atoms with Crippen LogP contribution in [-0.2, 0) is 0 Å². The number of rotatable bonds is 3. The Morgan fingerprint density at radius 2 is 1.83 bits per heavy atom. The van der Waals surface area contributed by atoms with Crippen LogP contribution < -0.4 is 5.73 Å². The summed E-state index contributed by atoms with van der Waals surface area (Å²) in [5.74, 6) is 1.00. The largest absolute Gasteiger partial charge is 0.384 e. The van der Waals surface area contributed by atoms with Gasteiger partial charge in [-0.3, -0.25) is 0 Å². The number of hydrogen-bond donors (Lipinski definition) is 2. The molecule has 1 aliphatic carbocycles. The number of anilines is 1. The second-order valence-electron chi connectivity index (χ2n) is 4.78. The van der Waals surface area contributed by atoms with E-state index in [0.717, 1.165) is 5.56 Å². The van der Waals surface area contributed by atoms with Gasteiger partial charge in [-0.1, -0.05) is 30.3 Å². The van der Waals surface area contributed by atoms with Crippen LogP contribution in [0, 0.1) is 0 Å². The van der Waals surface area contributed by atoms with Crippen molar-refractivity contribution < 1.29 is 5.11 Å². The molecule has 0 bridgehead atoms. The number of nitrogens with two attached hydrogens (primary N) is 1. The molecule has 0 spiro atoms. The van der Waals surface area contributed by atoms with E-state index in [1.54, 1.807) is 12.3 Å². The van der Waals surface area contributed by atoms with E-state index in [1.165, 1.54) is 18.4 Å². The van der Waals surface area contributed by atoms with Crippen molar-refractivity contribution in [2.45, 2.75) is 24.9 Å². The van der Waals surface area contributed by atoms with Crippen LogP contribution in [0.2, 0.25) is 0 Å². The second-order valence-corrected chi connectivity index (χ2v) is 4.78. The highest BCUT2D eigenvalue weighted by molar-refractivity contribution is 5.47. The first-order valence-electron chi connectivity index (χ1n) is 6.24. The number of aliphatic hydroxyl groups excluding tert-OH is 1. The van der Waals surface area contributed by atoms with Crippen LogP contribution in [0.3, 0.4) is 0 Å². The number of hydrogen-bond acceptors (Lipinski definition) is 3. The third kappa shape index (κ3) is 1.97. The van der Waals surface area contributed by atoms with E-state index >= 15 is 0 Å². The molecule has 1 unspecified atom stereocenters. The quantitative estimate of drug-likeness (QED) is 0.867. The van der Waals surface area contributed by atoms with Crippen LogP contribution in [0.5, 0.6) is 0 Å². The number of aromatic nitrogens is 1. The lowest BCUT2D eigenvalue weighted by Crippen LogP contribution is -2.07. The standard InChI is InChI=1S/C15H16N2O/c16-15-13(6-3-9-17-15)14(18)12-5-2-1-4-11(12)10-7-8-10/h1-6,9-10,14,18H,7-8H2,(H2,16,17). The zero-order chi connectivity index (χ0) is 12.5. The van der Waals surface area contributed by atoms with Crippen molar-refractivity contribution in [2.75, 3.05) is 5.73 Å². The summed E-state index contributed by atoms with van der Waals surface area (Å²) in [6.45, 7) is 0. The summed E-state index contributed by atoms with van der Waals surface area (Å²) in [5.41, 5.74) is 8.72. The molecule has 3 N–H and O–H groups in total. The van der Waals surface area contributed by atoms with E-state index in [1.807, 2.05) is 24.3 Å². The van der Waals surface area contributed by atoms with Crippen LogP contribution in [0.25, 0.3) is 0 Å². The molecule has 1 aromatic carbocycles. The number of aliphatic hydroxyl groups is 1. The Morgan fingerprint density at radius 3 is 2.56 bits per heavy atom. The lowest BCUT2D eigenvalue weighted by molar-refractivity contribution is 0.219. The highest BCUT2D eigenvalue weighted by Gasteiger charge is 2.28. The van der Waals surface area contributed by atoms with Crippen LogP contribution in [0.15, 0.2) is 42.6 Å². The molecule has 0 radical (unpaired) electrons. The SMILES string of the molecule is Nc1ncccc1C(O)c1ccccc1C1CC1. The monoisotopic (exact) mass is 240 g/mol. The minimum atomic E-state index is -0.685. The number of benzene rings is 1. The molecule has 18 heavy (non-hydrogen) atoms. The molecule has 3 heteroatoms. The van der Waals surface area contributed by atoms with Crippen molar-refractivity contribution in [1.82, 2.24) is 4.98 Å². The van der Waals surface area contributed by atoms with Crippen LogP contribution in [0.1, 0.15) is 41.6 Å². The third-order valence-electron chi connectivity index (χ3n) is 3.47. The smallest absolute Gasteiger partial charge is 0.129 e. The van der Waals surface area contributed by atoms with Crippen LogP contribution >= 0.6 is 0 Å². The fourth-order valence-electron chi connectivity index (χ4n) is 2.35. The molecule has 1 atom stereocenters. The maximum atomic E-state index is 10.5. The summed E-state index contributed by atoms with van der Waals surface area (Å²) >= 11 is 0. The highest BCUT2D eigenvalue weighted by atomic mass is 16.3. The van der Waals surface area contributed by atoms with Gasteiger partial charge in [-0.2, -0.15) is 0 Å². The predicted molar refractivity (Wildman–Crippen MR) is 71.1 cm³/mol. The average molecular weight is 240 g/mol. The Kier molecular flexibility index (Phi) is 2.76. The average Bonchev–Trinajstić information content (AvgIpc) is 3.23. The van der Waals surface area contributed by atoms with Crippen molar-refractivity contribution in [3.63, 3.8) is 0 Å². The zero-order valence-electron chi connectivity index (χ0n) is 10.1. The molecule has 1 saturated carbocycles. The van der Waals surface area contributed by atoms with E-state index in [-0.39, 0.29) is 0 Å². The fourth-order valence-corrected chi connectivity index (χ4v) is 2.35. The summed E-state index contributed by atoms with van der Waals surface area (Å²) in [7, 11) is 0. The van der Waals surface area contributed by atoms with Gasteiger partial charge in [0.05, 0.1) is 0 Å². The minimum absolute atomic E-state index is 0.399. The van der Waals surface area contributed by atoms with Gasteiger partial charge in [0.1, 0.15) is 11.9 Å². The van der Waals surface area contributed by atoms with Crippen molar-refractivity contribution >= 4 is 5.82 Å². The molecule has 1 fully saturated rings.